The molecule has 0 aliphatic heterocycles. The Kier molecular flexibility index (Phi) is 4.06. The normalized spacial score (nSPS) is 10.0. The Bertz CT molecular complexity index is 760. The maximum Gasteiger partial charge on any atom is 0.275 e. The van der Waals surface area contributed by atoms with Crippen molar-refractivity contribution >= 4 is 23.0 Å². The summed E-state index contributed by atoms with van der Waals surface area (Å²) in [5.41, 5.74) is 2.85. The Morgan fingerprint density at radius 3 is 2.41 bits per heavy atom. The number of benzene rings is 2. The van der Waals surface area contributed by atoms with Gasteiger partial charge in [-0.3, -0.25) is 9.78 Å². The van der Waals surface area contributed by atoms with E-state index in [2.05, 4.69) is 20.6 Å². The summed E-state index contributed by atoms with van der Waals surface area (Å²) in [4.78, 5) is 19.9. The maximum absolute atomic E-state index is 12.0. The Balaban J connectivity index is 1.73. The van der Waals surface area contributed by atoms with Crippen LogP contribution in [-0.2, 0) is 0 Å². The molecule has 0 aliphatic rings. The van der Waals surface area contributed by atoms with E-state index in [9.17, 15) is 4.79 Å². The highest BCUT2D eigenvalue weighted by Crippen LogP contribution is 2.20. The second kappa shape index (κ2) is 6.49. The number of hydrogen-bond acceptors (Lipinski definition) is 4. The van der Waals surface area contributed by atoms with Crippen LogP contribution in [-0.4, -0.2) is 15.9 Å². The van der Waals surface area contributed by atoms with Gasteiger partial charge in [0.1, 0.15) is 5.69 Å². The molecule has 0 fully saturated rings. The summed E-state index contributed by atoms with van der Waals surface area (Å²) in [7, 11) is 0. The number of carbonyl (C=O) groups excluding carboxylic acids is 1. The SMILES string of the molecule is O=C(Nc1cccc(Nc2ccccc2)c1)c1cnccn1. The molecule has 5 nitrogen and oxygen atoms in total. The van der Waals surface area contributed by atoms with Gasteiger partial charge in [-0.1, -0.05) is 24.3 Å². The van der Waals surface area contributed by atoms with Gasteiger partial charge in [0.25, 0.3) is 5.91 Å². The highest BCUT2D eigenvalue weighted by Gasteiger charge is 2.07. The Morgan fingerprint density at radius 1 is 0.864 bits per heavy atom. The number of rotatable bonds is 4. The number of aromatic nitrogens is 2. The molecular weight excluding hydrogens is 276 g/mol. The fourth-order valence-corrected chi connectivity index (χ4v) is 1.97. The number of nitrogens with one attached hydrogen (secondary N) is 2. The predicted molar refractivity (Wildman–Crippen MR) is 86.2 cm³/mol. The minimum atomic E-state index is -0.287. The number of carbonyl (C=O) groups is 1. The molecule has 5 heteroatoms. The molecule has 2 aromatic carbocycles. The zero-order chi connectivity index (χ0) is 15.2. The monoisotopic (exact) mass is 290 g/mol. The van der Waals surface area contributed by atoms with Crippen molar-refractivity contribution in [1.82, 2.24) is 9.97 Å². The summed E-state index contributed by atoms with van der Waals surface area (Å²) in [6.07, 6.45) is 4.45. The lowest BCUT2D eigenvalue weighted by molar-refractivity contribution is 0.102. The molecule has 0 atom stereocenters. The van der Waals surface area contributed by atoms with E-state index in [1.54, 1.807) is 0 Å². The van der Waals surface area contributed by atoms with Gasteiger partial charge < -0.3 is 10.6 Å². The van der Waals surface area contributed by atoms with Crippen molar-refractivity contribution in [2.75, 3.05) is 10.6 Å². The van der Waals surface area contributed by atoms with E-state index in [1.807, 2.05) is 54.6 Å². The highest BCUT2D eigenvalue weighted by molar-refractivity contribution is 6.02. The second-order valence-electron chi connectivity index (χ2n) is 4.62. The smallest absolute Gasteiger partial charge is 0.275 e. The number of amides is 1. The van der Waals surface area contributed by atoms with Crippen LogP contribution in [0.25, 0.3) is 0 Å². The summed E-state index contributed by atoms with van der Waals surface area (Å²) < 4.78 is 0. The van der Waals surface area contributed by atoms with E-state index in [1.165, 1.54) is 18.6 Å². The molecular formula is C17H14N4O. The van der Waals surface area contributed by atoms with Crippen LogP contribution < -0.4 is 10.6 Å². The van der Waals surface area contributed by atoms with E-state index in [0.717, 1.165) is 11.4 Å². The lowest BCUT2D eigenvalue weighted by atomic mass is 10.2. The van der Waals surface area contributed by atoms with Gasteiger partial charge in [-0.15, -0.1) is 0 Å². The van der Waals surface area contributed by atoms with Crippen molar-refractivity contribution in [1.29, 1.82) is 0 Å². The summed E-state index contributed by atoms with van der Waals surface area (Å²) in [5.74, 6) is -0.287. The minimum absolute atomic E-state index is 0.281. The van der Waals surface area contributed by atoms with Crippen molar-refractivity contribution in [2.24, 2.45) is 0 Å². The molecule has 0 unspecified atom stereocenters. The zero-order valence-corrected chi connectivity index (χ0v) is 11.7. The first-order chi connectivity index (χ1) is 10.8. The van der Waals surface area contributed by atoms with Crippen LogP contribution in [0.3, 0.4) is 0 Å². The number of hydrogen-bond donors (Lipinski definition) is 2. The molecule has 1 heterocycles. The van der Waals surface area contributed by atoms with Gasteiger partial charge in [0.05, 0.1) is 6.20 Å². The molecule has 0 bridgehead atoms. The first kappa shape index (κ1) is 13.8. The van der Waals surface area contributed by atoms with E-state index in [0.29, 0.717) is 5.69 Å². The van der Waals surface area contributed by atoms with Gasteiger partial charge in [-0.05, 0) is 30.3 Å². The Labute approximate surface area is 128 Å². The molecule has 1 aromatic heterocycles. The first-order valence-corrected chi connectivity index (χ1v) is 6.81. The summed E-state index contributed by atoms with van der Waals surface area (Å²) in [5, 5.41) is 6.08. The molecule has 0 radical (unpaired) electrons. The fourth-order valence-electron chi connectivity index (χ4n) is 1.97. The molecule has 0 saturated carbocycles. The third-order valence-corrected chi connectivity index (χ3v) is 2.98. The van der Waals surface area contributed by atoms with Crippen LogP contribution in [0.1, 0.15) is 10.5 Å². The van der Waals surface area contributed by atoms with Crippen LogP contribution in [0.2, 0.25) is 0 Å². The highest BCUT2D eigenvalue weighted by atomic mass is 16.1. The molecule has 3 rings (SSSR count). The Morgan fingerprint density at radius 2 is 1.64 bits per heavy atom. The van der Waals surface area contributed by atoms with Gasteiger partial charge in [-0.2, -0.15) is 0 Å². The standard InChI is InChI=1S/C17H14N4O/c22-17(16-12-18-9-10-19-16)21-15-8-4-7-14(11-15)20-13-5-2-1-3-6-13/h1-12,20H,(H,21,22). The largest absolute Gasteiger partial charge is 0.355 e. The van der Waals surface area contributed by atoms with Crippen LogP contribution in [0.15, 0.2) is 73.2 Å². The molecule has 3 aromatic rings. The van der Waals surface area contributed by atoms with E-state index >= 15 is 0 Å². The second-order valence-corrected chi connectivity index (χ2v) is 4.62. The summed E-state index contributed by atoms with van der Waals surface area (Å²) >= 11 is 0. The fraction of sp³-hybridized carbons (Fsp3) is 0. The molecule has 0 saturated heterocycles. The molecule has 0 spiro atoms. The van der Waals surface area contributed by atoms with Gasteiger partial charge in [0, 0.05) is 29.5 Å². The first-order valence-electron chi connectivity index (χ1n) is 6.81. The van der Waals surface area contributed by atoms with Crippen LogP contribution >= 0.6 is 0 Å². The summed E-state index contributed by atoms with van der Waals surface area (Å²) in [6, 6.07) is 17.3. The van der Waals surface area contributed by atoms with Gasteiger partial charge in [0.15, 0.2) is 0 Å². The molecule has 1 amide bonds. The minimum Gasteiger partial charge on any atom is -0.355 e. The van der Waals surface area contributed by atoms with Crippen molar-refractivity contribution in [3.8, 4) is 0 Å². The predicted octanol–water partition coefficient (Wildman–Crippen LogP) is 3.47. The quantitative estimate of drug-likeness (QED) is 0.772. The third kappa shape index (κ3) is 3.46. The summed E-state index contributed by atoms with van der Waals surface area (Å²) in [6.45, 7) is 0. The lowest BCUT2D eigenvalue weighted by Crippen LogP contribution is -2.13. The van der Waals surface area contributed by atoms with Gasteiger partial charge >= 0.3 is 0 Å². The third-order valence-electron chi connectivity index (χ3n) is 2.98. The van der Waals surface area contributed by atoms with Crippen molar-refractivity contribution < 1.29 is 4.79 Å². The van der Waals surface area contributed by atoms with Gasteiger partial charge in [-0.25, -0.2) is 4.98 Å². The van der Waals surface area contributed by atoms with E-state index < -0.39 is 0 Å². The van der Waals surface area contributed by atoms with Crippen molar-refractivity contribution in [2.45, 2.75) is 0 Å². The van der Waals surface area contributed by atoms with E-state index in [-0.39, 0.29) is 11.6 Å². The maximum atomic E-state index is 12.0. The number of nitrogens with zero attached hydrogens (tertiary/aromatic N) is 2. The van der Waals surface area contributed by atoms with Crippen molar-refractivity contribution in [3.63, 3.8) is 0 Å². The van der Waals surface area contributed by atoms with Crippen molar-refractivity contribution in [3.05, 3.63) is 78.9 Å². The van der Waals surface area contributed by atoms with Crippen LogP contribution in [0, 0.1) is 0 Å². The molecule has 2 N–H and O–H groups in total. The van der Waals surface area contributed by atoms with Gasteiger partial charge in [0.2, 0.25) is 0 Å². The number of para-hydroxylation sites is 1. The molecule has 0 aliphatic carbocycles. The molecule has 22 heavy (non-hydrogen) atoms. The lowest BCUT2D eigenvalue weighted by Gasteiger charge is -2.09. The van der Waals surface area contributed by atoms with E-state index in [4.69, 9.17) is 0 Å². The average molecular weight is 290 g/mol. The topological polar surface area (TPSA) is 66.9 Å². The van der Waals surface area contributed by atoms with Crippen LogP contribution in [0.5, 0.6) is 0 Å². The zero-order valence-electron chi connectivity index (χ0n) is 11.7. The Hall–Kier alpha value is -3.21. The molecule has 108 valence electrons. The number of anilines is 3. The van der Waals surface area contributed by atoms with Crippen LogP contribution in [0.4, 0.5) is 17.1 Å². The average Bonchev–Trinajstić information content (AvgIpc) is 2.57.